The van der Waals surface area contributed by atoms with E-state index in [1.807, 2.05) is 24.4 Å². The Labute approximate surface area is 183 Å². The molecule has 0 bridgehead atoms. The Balaban J connectivity index is 0.00000280. The average molecular weight is 552 g/mol. The first-order valence-corrected chi connectivity index (χ1v) is 10.3. The molecule has 2 nitrogen and oxygen atoms in total. The van der Waals surface area contributed by atoms with Crippen LogP contribution in [0.5, 0.6) is 0 Å². The van der Waals surface area contributed by atoms with Crippen molar-refractivity contribution in [1.82, 2.24) is 9.55 Å². The Morgan fingerprint density at radius 1 is 0.964 bits per heavy atom. The van der Waals surface area contributed by atoms with Crippen molar-refractivity contribution in [2.75, 3.05) is 0 Å². The molecular formula is C25H31IrN2-. The zero-order valence-electron chi connectivity index (χ0n) is 17.3. The molecule has 151 valence electrons. The number of unbranched alkanes of at least 4 members (excludes halogenated alkanes) is 5. The molecule has 1 aromatic heterocycles. The van der Waals surface area contributed by atoms with Gasteiger partial charge in [-0.1, -0.05) is 51.2 Å². The second-order valence-corrected chi connectivity index (χ2v) is 7.49. The van der Waals surface area contributed by atoms with Crippen molar-refractivity contribution in [3.05, 3.63) is 71.5 Å². The van der Waals surface area contributed by atoms with Crippen molar-refractivity contribution in [2.24, 2.45) is 0 Å². The number of nitrogens with zero attached hydrogens (tertiary/aromatic N) is 2. The van der Waals surface area contributed by atoms with Crippen LogP contribution in [0.4, 0.5) is 0 Å². The van der Waals surface area contributed by atoms with Crippen LogP contribution >= 0.6 is 0 Å². The smallest absolute Gasteiger partial charge is 0.0602 e. The summed E-state index contributed by atoms with van der Waals surface area (Å²) in [6.45, 7) is 6.70. The number of benzene rings is 2. The minimum Gasteiger partial charge on any atom is -0.340 e. The Morgan fingerprint density at radius 2 is 1.68 bits per heavy atom. The molecule has 0 aliphatic heterocycles. The summed E-state index contributed by atoms with van der Waals surface area (Å²) >= 11 is 0. The summed E-state index contributed by atoms with van der Waals surface area (Å²) in [5, 5.41) is 0. The third-order valence-corrected chi connectivity index (χ3v) is 5.20. The van der Waals surface area contributed by atoms with Crippen LogP contribution in [0, 0.1) is 19.9 Å². The van der Waals surface area contributed by atoms with Crippen molar-refractivity contribution < 1.29 is 20.1 Å². The fourth-order valence-corrected chi connectivity index (χ4v) is 3.89. The standard InChI is InChI=1S/C25H31N2.Ir/c1-4-5-6-7-8-10-13-22-18-20(2)24(21(3)19-22)27-17-16-26-25(27)23-14-11-9-12-15-23;/h9,11-12,14,16-19H,4-8,10,13H2,1-3H3;/q-1;. The van der Waals surface area contributed by atoms with Crippen LogP contribution in [0.15, 0.2) is 48.8 Å². The van der Waals surface area contributed by atoms with Gasteiger partial charge < -0.3 is 4.57 Å². The summed E-state index contributed by atoms with van der Waals surface area (Å²) in [4.78, 5) is 4.58. The van der Waals surface area contributed by atoms with E-state index in [1.54, 1.807) is 0 Å². The molecule has 3 heteroatoms. The first-order chi connectivity index (χ1) is 13.2. The Kier molecular flexibility index (Phi) is 9.15. The van der Waals surface area contributed by atoms with Gasteiger partial charge in [0.25, 0.3) is 0 Å². The van der Waals surface area contributed by atoms with Crippen LogP contribution in [-0.2, 0) is 26.5 Å². The average Bonchev–Trinajstić information content (AvgIpc) is 3.14. The Bertz CT molecular complexity index is 829. The van der Waals surface area contributed by atoms with E-state index >= 15 is 0 Å². The quantitative estimate of drug-likeness (QED) is 0.210. The monoisotopic (exact) mass is 552 g/mol. The molecule has 28 heavy (non-hydrogen) atoms. The molecule has 0 aliphatic rings. The van der Waals surface area contributed by atoms with Gasteiger partial charge in [-0.3, -0.25) is 4.98 Å². The van der Waals surface area contributed by atoms with Gasteiger partial charge >= 0.3 is 0 Å². The summed E-state index contributed by atoms with van der Waals surface area (Å²) in [7, 11) is 0. The van der Waals surface area contributed by atoms with E-state index < -0.39 is 0 Å². The van der Waals surface area contributed by atoms with Crippen molar-refractivity contribution in [3.63, 3.8) is 0 Å². The number of imidazole rings is 1. The summed E-state index contributed by atoms with van der Waals surface area (Å²) in [6, 6.07) is 16.0. The molecule has 1 radical (unpaired) electrons. The zero-order chi connectivity index (χ0) is 19.1. The number of rotatable bonds is 9. The predicted octanol–water partition coefficient (Wildman–Crippen LogP) is 6.86. The maximum atomic E-state index is 4.58. The third-order valence-electron chi connectivity index (χ3n) is 5.20. The predicted molar refractivity (Wildman–Crippen MR) is 114 cm³/mol. The summed E-state index contributed by atoms with van der Waals surface area (Å²) in [5.74, 6) is 0.950. The van der Waals surface area contributed by atoms with Gasteiger partial charge in [0.05, 0.1) is 5.82 Å². The van der Waals surface area contributed by atoms with E-state index in [9.17, 15) is 0 Å². The molecule has 1 heterocycles. The van der Waals surface area contributed by atoms with Crippen LogP contribution < -0.4 is 0 Å². The third kappa shape index (κ3) is 5.65. The van der Waals surface area contributed by atoms with Crippen molar-refractivity contribution in [1.29, 1.82) is 0 Å². The first kappa shape index (κ1) is 22.6. The largest absolute Gasteiger partial charge is 0.340 e. The SMILES string of the molecule is CCCCCCCCc1cc(C)c(-n2ccnc2-c2[c-]cccc2)c(C)c1.[Ir]. The molecule has 0 spiro atoms. The molecule has 2 aromatic carbocycles. The molecule has 0 amide bonds. The molecular weight excluding hydrogens is 521 g/mol. The Morgan fingerprint density at radius 3 is 2.36 bits per heavy atom. The van der Waals surface area contributed by atoms with E-state index in [1.165, 1.54) is 67.3 Å². The molecule has 0 saturated heterocycles. The summed E-state index contributed by atoms with van der Waals surface area (Å²) in [5.41, 5.74) is 6.35. The van der Waals surface area contributed by atoms with E-state index in [-0.39, 0.29) is 20.1 Å². The van der Waals surface area contributed by atoms with Crippen LogP contribution in [0.3, 0.4) is 0 Å². The molecule has 0 unspecified atom stereocenters. The first-order valence-electron chi connectivity index (χ1n) is 10.3. The normalized spacial score (nSPS) is 10.7. The molecule has 0 aliphatic carbocycles. The molecule has 0 fully saturated rings. The second kappa shape index (κ2) is 11.3. The van der Waals surface area contributed by atoms with Crippen LogP contribution in [-0.4, -0.2) is 9.55 Å². The van der Waals surface area contributed by atoms with Gasteiger partial charge in [0.15, 0.2) is 0 Å². The van der Waals surface area contributed by atoms with E-state index in [4.69, 9.17) is 0 Å². The van der Waals surface area contributed by atoms with Gasteiger partial charge in [-0.15, -0.1) is 35.9 Å². The Hall–Kier alpha value is -1.70. The van der Waals surface area contributed by atoms with Crippen LogP contribution in [0.1, 0.15) is 62.1 Å². The number of hydrogen-bond acceptors (Lipinski definition) is 1. The van der Waals surface area contributed by atoms with Crippen LogP contribution in [0.25, 0.3) is 17.1 Å². The van der Waals surface area contributed by atoms with Gasteiger partial charge in [-0.05, 0) is 43.4 Å². The second-order valence-electron chi connectivity index (χ2n) is 7.49. The minimum absolute atomic E-state index is 0. The maximum Gasteiger partial charge on any atom is 0.0602 e. The van der Waals surface area contributed by atoms with E-state index in [0.717, 1.165) is 11.4 Å². The maximum absolute atomic E-state index is 4.58. The summed E-state index contributed by atoms with van der Waals surface area (Å²) < 4.78 is 2.20. The zero-order valence-corrected chi connectivity index (χ0v) is 19.7. The number of aromatic nitrogens is 2. The topological polar surface area (TPSA) is 17.8 Å². The minimum atomic E-state index is 0. The van der Waals surface area contributed by atoms with Crippen molar-refractivity contribution in [2.45, 2.75) is 65.7 Å². The van der Waals surface area contributed by atoms with E-state index in [0.29, 0.717) is 0 Å². The van der Waals surface area contributed by atoms with Gasteiger partial charge in [-0.25, -0.2) is 0 Å². The molecule has 0 saturated carbocycles. The molecule has 0 N–H and O–H groups in total. The van der Waals surface area contributed by atoms with Gasteiger partial charge in [0.2, 0.25) is 0 Å². The van der Waals surface area contributed by atoms with Crippen LogP contribution in [0.2, 0.25) is 0 Å². The van der Waals surface area contributed by atoms with Gasteiger partial charge in [0, 0.05) is 38.2 Å². The van der Waals surface area contributed by atoms with Crippen molar-refractivity contribution >= 4 is 0 Å². The summed E-state index contributed by atoms with van der Waals surface area (Å²) in [6.07, 6.45) is 13.2. The molecule has 3 aromatic rings. The fraction of sp³-hybridized carbons (Fsp3) is 0.400. The molecule has 0 atom stereocenters. The van der Waals surface area contributed by atoms with Gasteiger partial charge in [0.1, 0.15) is 0 Å². The molecule has 3 rings (SSSR count). The van der Waals surface area contributed by atoms with Gasteiger partial charge in [-0.2, -0.15) is 0 Å². The van der Waals surface area contributed by atoms with Crippen molar-refractivity contribution in [3.8, 4) is 17.1 Å². The number of aryl methyl sites for hydroxylation is 3. The number of hydrogen-bond donors (Lipinski definition) is 0. The fourth-order valence-electron chi connectivity index (χ4n) is 3.89. The van der Waals surface area contributed by atoms with E-state index in [2.05, 4.69) is 60.8 Å².